The lowest BCUT2D eigenvalue weighted by molar-refractivity contribution is 0.482. The maximum absolute atomic E-state index is 13.8. The van der Waals surface area contributed by atoms with Gasteiger partial charge in [-0.15, -0.1) is 11.3 Å². The first-order chi connectivity index (χ1) is 16.0. The molecule has 1 saturated carbocycles. The molecular weight excluding hydrogens is 460 g/mol. The van der Waals surface area contributed by atoms with E-state index in [0.717, 1.165) is 24.0 Å². The summed E-state index contributed by atoms with van der Waals surface area (Å²) in [6.45, 7) is 0.151. The Morgan fingerprint density at radius 2 is 2.15 bits per heavy atom. The van der Waals surface area contributed by atoms with Gasteiger partial charge in [-0.2, -0.15) is 5.26 Å². The summed E-state index contributed by atoms with van der Waals surface area (Å²) in [7, 11) is 0. The van der Waals surface area contributed by atoms with Crippen LogP contribution >= 0.6 is 22.9 Å². The van der Waals surface area contributed by atoms with Crippen LogP contribution < -0.4 is 5.56 Å². The molecule has 0 spiro atoms. The van der Waals surface area contributed by atoms with E-state index >= 15 is 0 Å². The summed E-state index contributed by atoms with van der Waals surface area (Å²) in [6.07, 6.45) is 4.96. The van der Waals surface area contributed by atoms with Crippen LogP contribution in [0.3, 0.4) is 0 Å². The molecule has 6 rings (SSSR count). The minimum atomic E-state index is -0.245. The Balaban J connectivity index is 1.69. The lowest BCUT2D eigenvalue weighted by Gasteiger charge is -2.15. The number of benzene rings is 2. The van der Waals surface area contributed by atoms with Gasteiger partial charge in [-0.1, -0.05) is 17.7 Å². The number of thiophene rings is 1. The number of phenols is 1. The second-order valence-corrected chi connectivity index (χ2v) is 9.44. The van der Waals surface area contributed by atoms with E-state index in [1.165, 1.54) is 17.7 Å². The Hall–Kier alpha value is -3.67. The fraction of sp³-hybridized carbons (Fsp3) is 0.167. The smallest absolute Gasteiger partial charge is 0.263 e. The molecule has 9 heteroatoms. The van der Waals surface area contributed by atoms with E-state index in [1.54, 1.807) is 29.0 Å². The highest BCUT2D eigenvalue weighted by Gasteiger charge is 2.29. The molecular formula is C24H15ClN4O3S. The van der Waals surface area contributed by atoms with Crippen LogP contribution in [0.4, 0.5) is 0 Å². The Kier molecular flexibility index (Phi) is 4.50. The Labute approximate surface area is 196 Å². The molecule has 0 saturated heterocycles. The summed E-state index contributed by atoms with van der Waals surface area (Å²) in [5, 5.41) is 21.1. The molecule has 2 aromatic carbocycles. The van der Waals surface area contributed by atoms with E-state index in [4.69, 9.17) is 21.0 Å². The lowest BCUT2D eigenvalue weighted by atomic mass is 9.99. The van der Waals surface area contributed by atoms with E-state index in [9.17, 15) is 15.2 Å². The fourth-order valence-corrected chi connectivity index (χ4v) is 5.50. The highest BCUT2D eigenvalue weighted by atomic mass is 35.5. The largest absolute Gasteiger partial charge is 0.505 e. The average molecular weight is 475 g/mol. The van der Waals surface area contributed by atoms with Crippen molar-refractivity contribution in [3.8, 4) is 23.2 Å². The van der Waals surface area contributed by atoms with Crippen LogP contribution in [0.15, 0.2) is 52.1 Å². The normalized spacial score (nSPS) is 13.6. The number of oxazole rings is 1. The van der Waals surface area contributed by atoms with Crippen LogP contribution in [-0.2, 0) is 6.54 Å². The molecule has 5 aromatic rings. The van der Waals surface area contributed by atoms with Crippen molar-refractivity contribution in [1.82, 2.24) is 14.5 Å². The third kappa shape index (κ3) is 3.20. The van der Waals surface area contributed by atoms with Crippen LogP contribution in [0.5, 0.6) is 5.75 Å². The third-order valence-corrected chi connectivity index (χ3v) is 7.33. The topological polar surface area (TPSA) is 105 Å². The minimum Gasteiger partial charge on any atom is -0.505 e. The predicted octanol–water partition coefficient (Wildman–Crippen LogP) is 5.42. The van der Waals surface area contributed by atoms with Gasteiger partial charge in [0.25, 0.3) is 5.56 Å². The molecule has 7 nitrogen and oxygen atoms in total. The number of nitriles is 1. The van der Waals surface area contributed by atoms with Gasteiger partial charge in [-0.3, -0.25) is 9.36 Å². The number of rotatable bonds is 4. The summed E-state index contributed by atoms with van der Waals surface area (Å²) in [5.41, 5.74) is 2.16. The standard InChI is InChI=1S/C24H15ClN4O3S/c25-18-6-5-16-19-23(33-21(16)20(18)30)28-22(29(24(19)31)10-14-9-27-11-32-14)15-4-1-12(8-26)7-17(15)13-2-3-13/h1,4-7,9,11,13,30H,2-3,10H2. The van der Waals surface area contributed by atoms with E-state index in [0.29, 0.717) is 43.4 Å². The maximum Gasteiger partial charge on any atom is 0.263 e. The van der Waals surface area contributed by atoms with Crippen LogP contribution in [-0.4, -0.2) is 19.6 Å². The molecule has 0 radical (unpaired) electrons. The van der Waals surface area contributed by atoms with Gasteiger partial charge in [0.1, 0.15) is 16.4 Å². The molecule has 1 aliphatic carbocycles. The zero-order valence-electron chi connectivity index (χ0n) is 17.1. The minimum absolute atomic E-state index is 0.0584. The van der Waals surface area contributed by atoms with Gasteiger partial charge in [-0.05, 0) is 48.6 Å². The number of hydrogen-bond acceptors (Lipinski definition) is 7. The first-order valence-corrected chi connectivity index (χ1v) is 11.5. The van der Waals surface area contributed by atoms with Crippen molar-refractivity contribution in [1.29, 1.82) is 5.26 Å². The van der Waals surface area contributed by atoms with Crippen molar-refractivity contribution in [3.63, 3.8) is 0 Å². The predicted molar refractivity (Wildman–Crippen MR) is 126 cm³/mol. The molecule has 1 fully saturated rings. The number of fused-ring (bicyclic) bond motifs is 3. The van der Waals surface area contributed by atoms with Crippen molar-refractivity contribution in [2.45, 2.75) is 25.3 Å². The lowest BCUT2D eigenvalue weighted by Crippen LogP contribution is -2.24. The van der Waals surface area contributed by atoms with Gasteiger partial charge in [0, 0.05) is 10.9 Å². The molecule has 0 amide bonds. The molecule has 3 aromatic heterocycles. The molecule has 0 atom stereocenters. The summed E-state index contributed by atoms with van der Waals surface area (Å²) >= 11 is 7.34. The van der Waals surface area contributed by atoms with Crippen molar-refractivity contribution >= 4 is 43.2 Å². The van der Waals surface area contributed by atoms with Gasteiger partial charge in [0.2, 0.25) is 0 Å². The van der Waals surface area contributed by atoms with Gasteiger partial charge in [-0.25, -0.2) is 9.97 Å². The van der Waals surface area contributed by atoms with Crippen molar-refractivity contribution in [2.24, 2.45) is 0 Å². The summed E-state index contributed by atoms with van der Waals surface area (Å²) in [5.74, 6) is 1.29. The van der Waals surface area contributed by atoms with E-state index in [-0.39, 0.29) is 22.9 Å². The first kappa shape index (κ1) is 20.0. The first-order valence-electron chi connectivity index (χ1n) is 10.3. The van der Waals surface area contributed by atoms with Crippen LogP contribution in [0, 0.1) is 11.3 Å². The van der Waals surface area contributed by atoms with Gasteiger partial charge in [0.05, 0.1) is 39.5 Å². The second kappa shape index (κ2) is 7.44. The van der Waals surface area contributed by atoms with Crippen LogP contribution in [0.2, 0.25) is 5.02 Å². The Bertz CT molecular complexity index is 1660. The van der Waals surface area contributed by atoms with Crippen molar-refractivity contribution < 1.29 is 9.52 Å². The van der Waals surface area contributed by atoms with E-state index in [1.807, 2.05) is 12.1 Å². The number of halogens is 1. The fourth-order valence-electron chi connectivity index (χ4n) is 4.18. The van der Waals surface area contributed by atoms with Gasteiger partial charge < -0.3 is 9.52 Å². The van der Waals surface area contributed by atoms with Gasteiger partial charge >= 0.3 is 0 Å². The second-order valence-electron chi connectivity index (χ2n) is 8.04. The third-order valence-electron chi connectivity index (χ3n) is 5.92. The van der Waals surface area contributed by atoms with Gasteiger partial charge in [0.15, 0.2) is 12.1 Å². The zero-order valence-corrected chi connectivity index (χ0v) is 18.7. The molecule has 0 bridgehead atoms. The van der Waals surface area contributed by atoms with Crippen LogP contribution in [0.1, 0.15) is 35.6 Å². The number of hydrogen-bond donors (Lipinski definition) is 1. The van der Waals surface area contributed by atoms with Crippen molar-refractivity contribution in [2.75, 3.05) is 0 Å². The molecule has 1 aliphatic rings. The monoisotopic (exact) mass is 474 g/mol. The number of aromatic hydroxyl groups is 1. The van der Waals surface area contributed by atoms with Crippen LogP contribution in [0.25, 0.3) is 31.7 Å². The Morgan fingerprint density at radius 3 is 2.88 bits per heavy atom. The van der Waals surface area contributed by atoms with E-state index < -0.39 is 0 Å². The molecule has 0 aliphatic heterocycles. The zero-order chi connectivity index (χ0) is 22.7. The SMILES string of the molecule is N#Cc1ccc(-c2nc3sc4c(O)c(Cl)ccc4c3c(=O)n2Cc2cnco2)c(C2CC2)c1. The van der Waals surface area contributed by atoms with Crippen molar-refractivity contribution in [3.05, 3.63) is 75.2 Å². The summed E-state index contributed by atoms with van der Waals surface area (Å²) in [6, 6.07) is 11.0. The van der Waals surface area contributed by atoms with E-state index in [2.05, 4.69) is 11.1 Å². The quantitative estimate of drug-likeness (QED) is 0.372. The summed E-state index contributed by atoms with van der Waals surface area (Å²) in [4.78, 5) is 23.2. The molecule has 33 heavy (non-hydrogen) atoms. The molecule has 162 valence electrons. The number of phenolic OH excluding ortho intramolecular Hbond substituents is 1. The highest BCUT2D eigenvalue weighted by Crippen LogP contribution is 2.45. The summed E-state index contributed by atoms with van der Waals surface area (Å²) < 4.78 is 7.53. The molecule has 0 unspecified atom stereocenters. The maximum atomic E-state index is 13.8. The highest BCUT2D eigenvalue weighted by molar-refractivity contribution is 7.25. The number of nitrogens with zero attached hydrogens (tertiary/aromatic N) is 4. The Morgan fingerprint density at radius 1 is 1.30 bits per heavy atom. The number of aromatic nitrogens is 3. The molecule has 3 heterocycles. The average Bonchev–Trinajstić information content (AvgIpc) is 3.41. The molecule has 1 N–H and O–H groups in total.